The van der Waals surface area contributed by atoms with Gasteiger partial charge in [0.25, 0.3) is 0 Å². The second-order valence-corrected chi connectivity index (χ2v) is 4.72. The van der Waals surface area contributed by atoms with Crippen LogP contribution < -0.4 is 14.8 Å². The molecule has 1 fully saturated rings. The lowest BCUT2D eigenvalue weighted by Gasteiger charge is -2.22. The Labute approximate surface area is 119 Å². The van der Waals surface area contributed by atoms with Gasteiger partial charge in [-0.25, -0.2) is 0 Å². The Balaban J connectivity index is 2.04. The van der Waals surface area contributed by atoms with Crippen LogP contribution in [0.25, 0.3) is 0 Å². The first kappa shape index (κ1) is 14.8. The maximum Gasteiger partial charge on any atom is 0.195 e. The summed E-state index contributed by atoms with van der Waals surface area (Å²) >= 11 is 0. The summed E-state index contributed by atoms with van der Waals surface area (Å²) in [5.74, 6) is 0.921. The normalized spacial score (nSPS) is 15.9. The second-order valence-electron chi connectivity index (χ2n) is 4.72. The monoisotopic (exact) mass is 279 g/mol. The minimum atomic E-state index is -0.113. The molecule has 0 spiro atoms. The first-order valence-corrected chi connectivity index (χ1v) is 6.82. The molecule has 110 valence electrons. The van der Waals surface area contributed by atoms with Gasteiger partial charge < -0.3 is 19.5 Å². The zero-order chi connectivity index (χ0) is 14.4. The fourth-order valence-electron chi connectivity index (χ4n) is 2.35. The fraction of sp³-hybridized carbons (Fsp3) is 0.533. The van der Waals surface area contributed by atoms with E-state index in [4.69, 9.17) is 14.2 Å². The lowest BCUT2D eigenvalue weighted by atomic mass is 10.1. The molecule has 0 bridgehead atoms. The standard InChI is InChI=1S/C15H21NO4/c1-18-13-4-3-5-14(19-2)15(13)12(17)10-20-11-6-8-16-9-7-11/h3-5,11,16H,6-10H2,1-2H3. The van der Waals surface area contributed by atoms with Crippen molar-refractivity contribution in [2.75, 3.05) is 33.9 Å². The van der Waals surface area contributed by atoms with Crippen LogP contribution in [0.1, 0.15) is 23.2 Å². The molecule has 1 aromatic rings. The lowest BCUT2D eigenvalue weighted by molar-refractivity contribution is 0.0314. The van der Waals surface area contributed by atoms with Gasteiger partial charge in [0.05, 0.1) is 20.3 Å². The van der Waals surface area contributed by atoms with Crippen LogP contribution in [0.4, 0.5) is 0 Å². The third-order valence-corrected chi connectivity index (χ3v) is 3.44. The Kier molecular flexibility index (Phi) is 5.38. The van der Waals surface area contributed by atoms with E-state index in [1.54, 1.807) is 32.4 Å². The third kappa shape index (κ3) is 3.49. The molecule has 0 aliphatic carbocycles. The van der Waals surface area contributed by atoms with Gasteiger partial charge >= 0.3 is 0 Å². The van der Waals surface area contributed by atoms with Gasteiger partial charge in [-0.1, -0.05) is 6.07 Å². The summed E-state index contributed by atoms with van der Waals surface area (Å²) in [7, 11) is 3.08. The highest BCUT2D eigenvalue weighted by atomic mass is 16.5. The van der Waals surface area contributed by atoms with Crippen LogP contribution in [-0.2, 0) is 4.74 Å². The first-order chi connectivity index (χ1) is 9.76. The second kappa shape index (κ2) is 7.26. The van der Waals surface area contributed by atoms with E-state index in [1.165, 1.54) is 0 Å². The summed E-state index contributed by atoms with van der Waals surface area (Å²) in [6.45, 7) is 1.94. The predicted molar refractivity (Wildman–Crippen MR) is 75.7 cm³/mol. The number of hydrogen-bond donors (Lipinski definition) is 1. The molecule has 2 rings (SSSR count). The minimum absolute atomic E-state index is 0.0569. The Morgan fingerprint density at radius 3 is 2.35 bits per heavy atom. The van der Waals surface area contributed by atoms with Crippen molar-refractivity contribution in [1.29, 1.82) is 0 Å². The van der Waals surface area contributed by atoms with Gasteiger partial charge in [0.15, 0.2) is 5.78 Å². The Bertz CT molecular complexity index is 433. The molecule has 1 aliphatic rings. The molecule has 1 heterocycles. The largest absolute Gasteiger partial charge is 0.496 e. The van der Waals surface area contributed by atoms with E-state index in [0.717, 1.165) is 25.9 Å². The maximum absolute atomic E-state index is 12.3. The number of carbonyl (C=O) groups excluding carboxylic acids is 1. The van der Waals surface area contributed by atoms with Gasteiger partial charge in [0, 0.05) is 0 Å². The maximum atomic E-state index is 12.3. The summed E-state index contributed by atoms with van der Waals surface area (Å²) in [6, 6.07) is 5.29. The average Bonchev–Trinajstić information content (AvgIpc) is 2.52. The van der Waals surface area contributed by atoms with Gasteiger partial charge in [-0.3, -0.25) is 4.79 Å². The SMILES string of the molecule is COc1cccc(OC)c1C(=O)COC1CCNCC1. The van der Waals surface area contributed by atoms with Crippen LogP contribution >= 0.6 is 0 Å². The number of hydrogen-bond acceptors (Lipinski definition) is 5. The number of ether oxygens (including phenoxy) is 3. The van der Waals surface area contributed by atoms with Gasteiger partial charge in [-0.15, -0.1) is 0 Å². The number of ketones is 1. The number of carbonyl (C=O) groups is 1. The zero-order valence-electron chi connectivity index (χ0n) is 12.0. The number of nitrogens with one attached hydrogen (secondary N) is 1. The molecule has 1 N–H and O–H groups in total. The summed E-state index contributed by atoms with van der Waals surface area (Å²) in [6.07, 6.45) is 2.04. The highest BCUT2D eigenvalue weighted by molar-refractivity contribution is 6.02. The number of rotatable bonds is 6. The van der Waals surface area contributed by atoms with Crippen molar-refractivity contribution < 1.29 is 19.0 Å². The quantitative estimate of drug-likeness (QED) is 0.803. The molecule has 0 unspecified atom stereocenters. The van der Waals surface area contributed by atoms with Crippen molar-refractivity contribution in [3.8, 4) is 11.5 Å². The van der Waals surface area contributed by atoms with E-state index in [-0.39, 0.29) is 18.5 Å². The molecule has 0 radical (unpaired) electrons. The van der Waals surface area contributed by atoms with E-state index in [1.807, 2.05) is 0 Å². The molecule has 5 nitrogen and oxygen atoms in total. The number of benzene rings is 1. The number of Topliss-reactive ketones (excluding diaryl/α,β-unsaturated/α-hetero) is 1. The molecule has 0 amide bonds. The molecule has 0 saturated carbocycles. The summed E-state index contributed by atoms with van der Waals surface area (Å²) in [5.41, 5.74) is 0.450. The molecule has 1 aliphatic heterocycles. The van der Waals surface area contributed by atoms with Crippen LogP contribution in [0.2, 0.25) is 0 Å². The summed E-state index contributed by atoms with van der Waals surface area (Å²) < 4.78 is 16.2. The summed E-state index contributed by atoms with van der Waals surface area (Å²) in [4.78, 5) is 12.3. The van der Waals surface area contributed by atoms with E-state index < -0.39 is 0 Å². The van der Waals surface area contributed by atoms with Gasteiger partial charge in [0.2, 0.25) is 0 Å². The van der Waals surface area contributed by atoms with Gasteiger partial charge in [-0.05, 0) is 38.1 Å². The van der Waals surface area contributed by atoms with E-state index in [9.17, 15) is 4.79 Å². The first-order valence-electron chi connectivity index (χ1n) is 6.82. The molecule has 0 atom stereocenters. The zero-order valence-corrected chi connectivity index (χ0v) is 12.0. The number of piperidine rings is 1. The third-order valence-electron chi connectivity index (χ3n) is 3.44. The van der Waals surface area contributed by atoms with Gasteiger partial charge in [0.1, 0.15) is 23.7 Å². The molecule has 0 aromatic heterocycles. The molecule has 20 heavy (non-hydrogen) atoms. The Morgan fingerprint density at radius 1 is 1.20 bits per heavy atom. The lowest BCUT2D eigenvalue weighted by Crippen LogP contribution is -2.33. The molecule has 1 saturated heterocycles. The van der Waals surface area contributed by atoms with Crippen molar-refractivity contribution in [3.05, 3.63) is 23.8 Å². The minimum Gasteiger partial charge on any atom is -0.496 e. The van der Waals surface area contributed by atoms with Crippen LogP contribution in [0.15, 0.2) is 18.2 Å². The van der Waals surface area contributed by atoms with Crippen molar-refractivity contribution in [1.82, 2.24) is 5.32 Å². The average molecular weight is 279 g/mol. The van der Waals surface area contributed by atoms with E-state index in [0.29, 0.717) is 17.1 Å². The van der Waals surface area contributed by atoms with Crippen molar-refractivity contribution in [2.45, 2.75) is 18.9 Å². The predicted octanol–water partition coefficient (Wildman–Crippen LogP) is 1.66. The van der Waals surface area contributed by atoms with Gasteiger partial charge in [-0.2, -0.15) is 0 Å². The molecule has 5 heteroatoms. The van der Waals surface area contributed by atoms with Crippen LogP contribution in [-0.4, -0.2) is 45.8 Å². The molecular formula is C15H21NO4. The van der Waals surface area contributed by atoms with E-state index in [2.05, 4.69) is 5.32 Å². The van der Waals surface area contributed by atoms with Crippen molar-refractivity contribution in [2.24, 2.45) is 0 Å². The topological polar surface area (TPSA) is 56.8 Å². The molecule has 1 aromatic carbocycles. The molecular weight excluding hydrogens is 258 g/mol. The number of methoxy groups -OCH3 is 2. The van der Waals surface area contributed by atoms with Crippen molar-refractivity contribution in [3.63, 3.8) is 0 Å². The highest BCUT2D eigenvalue weighted by Crippen LogP contribution is 2.28. The highest BCUT2D eigenvalue weighted by Gasteiger charge is 2.20. The van der Waals surface area contributed by atoms with Crippen LogP contribution in [0, 0.1) is 0 Å². The smallest absolute Gasteiger partial charge is 0.195 e. The van der Waals surface area contributed by atoms with Crippen LogP contribution in [0.3, 0.4) is 0 Å². The Hall–Kier alpha value is -1.59. The van der Waals surface area contributed by atoms with Crippen molar-refractivity contribution >= 4 is 5.78 Å². The Morgan fingerprint density at radius 2 is 1.80 bits per heavy atom. The fourth-order valence-corrected chi connectivity index (χ4v) is 2.35. The van der Waals surface area contributed by atoms with Crippen LogP contribution in [0.5, 0.6) is 11.5 Å². The summed E-state index contributed by atoms with van der Waals surface area (Å²) in [5, 5.41) is 3.27. The van der Waals surface area contributed by atoms with E-state index >= 15 is 0 Å².